The van der Waals surface area contributed by atoms with Gasteiger partial charge in [-0.25, -0.2) is 4.39 Å². The number of aliphatic hydroxyl groups is 1. The molecule has 1 unspecified atom stereocenters. The zero-order valence-electron chi connectivity index (χ0n) is 18.0. The standard InChI is InChI=1S/C15H18FN3O3.C7H8O3S/c16-6-10(7-17)9-21-12-1-2-13-14(5-12)22-15(18-13)19-4-3-11(20)8-19;1-6-2-4-7(5-3-6)11(8,9)10/h1-2,5-6,11,20H,3-4,7-9,17H2;2-5H,1H3,(H,8,9,10). The van der Waals surface area contributed by atoms with Crippen LogP contribution in [0.1, 0.15) is 12.0 Å². The number of anilines is 1. The number of oxazole rings is 1. The van der Waals surface area contributed by atoms with Gasteiger partial charge in [-0.15, -0.1) is 0 Å². The second-order valence-corrected chi connectivity index (χ2v) is 8.98. The van der Waals surface area contributed by atoms with Crippen LogP contribution in [0.5, 0.6) is 5.75 Å². The number of hydrogen-bond donors (Lipinski definition) is 3. The minimum atomic E-state index is -4.02. The number of hydrogen-bond acceptors (Lipinski definition) is 8. The van der Waals surface area contributed by atoms with Gasteiger partial charge in [-0.05, 0) is 37.6 Å². The Morgan fingerprint density at radius 2 is 2.06 bits per heavy atom. The maximum Gasteiger partial charge on any atom is 0.298 e. The number of ether oxygens (including phenoxy) is 1. The van der Waals surface area contributed by atoms with Gasteiger partial charge in [0.15, 0.2) is 5.58 Å². The first-order chi connectivity index (χ1) is 15.7. The fourth-order valence-corrected chi connectivity index (χ4v) is 3.53. The summed E-state index contributed by atoms with van der Waals surface area (Å²) in [7, 11) is -4.02. The molecule has 0 saturated carbocycles. The number of aliphatic hydroxyl groups excluding tert-OH is 1. The van der Waals surface area contributed by atoms with Gasteiger partial charge in [0.05, 0.1) is 17.3 Å². The lowest BCUT2D eigenvalue weighted by molar-refractivity contribution is 0.198. The molecule has 1 aromatic heterocycles. The van der Waals surface area contributed by atoms with Crippen molar-refractivity contribution in [1.29, 1.82) is 0 Å². The predicted molar refractivity (Wildman–Crippen MR) is 122 cm³/mol. The summed E-state index contributed by atoms with van der Waals surface area (Å²) in [5.41, 5.74) is 8.02. The zero-order chi connectivity index (χ0) is 24.0. The second-order valence-electron chi connectivity index (χ2n) is 7.56. The lowest BCUT2D eigenvalue weighted by atomic mass is 10.2. The predicted octanol–water partition coefficient (Wildman–Crippen LogP) is 2.83. The number of aryl methyl sites for hydroxylation is 1. The van der Waals surface area contributed by atoms with Crippen LogP contribution < -0.4 is 15.4 Å². The van der Waals surface area contributed by atoms with Crippen molar-refractivity contribution in [2.75, 3.05) is 31.1 Å². The summed E-state index contributed by atoms with van der Waals surface area (Å²) in [6, 6.07) is 11.7. The Hall–Kier alpha value is -2.99. The van der Waals surface area contributed by atoms with Crippen LogP contribution in [-0.4, -0.2) is 55.4 Å². The van der Waals surface area contributed by atoms with Gasteiger partial charge in [-0.2, -0.15) is 13.4 Å². The molecular formula is C22H26FN3O6S. The molecular weight excluding hydrogens is 453 g/mol. The van der Waals surface area contributed by atoms with Gasteiger partial charge in [-0.1, -0.05) is 17.7 Å². The highest BCUT2D eigenvalue weighted by Crippen LogP contribution is 2.27. The number of rotatable bonds is 6. The molecule has 3 aromatic rings. The fraction of sp³-hybridized carbons (Fsp3) is 0.318. The van der Waals surface area contributed by atoms with E-state index in [1.54, 1.807) is 30.3 Å². The van der Waals surface area contributed by atoms with Crippen LogP contribution in [0.2, 0.25) is 0 Å². The third-order valence-corrected chi connectivity index (χ3v) is 5.81. The molecule has 33 heavy (non-hydrogen) atoms. The number of nitrogens with two attached hydrogens (primary N) is 1. The van der Waals surface area contributed by atoms with E-state index in [-0.39, 0.29) is 24.2 Å². The normalized spacial score (nSPS) is 16.6. The Morgan fingerprint density at radius 1 is 1.33 bits per heavy atom. The van der Waals surface area contributed by atoms with E-state index in [2.05, 4.69) is 4.98 Å². The minimum Gasteiger partial charge on any atom is -0.489 e. The first-order valence-corrected chi connectivity index (χ1v) is 11.6. The molecule has 1 fully saturated rings. The number of fused-ring (bicyclic) bond motifs is 1. The molecule has 178 valence electrons. The lowest BCUT2D eigenvalue weighted by Crippen LogP contribution is -2.21. The topological polar surface area (TPSA) is 139 Å². The smallest absolute Gasteiger partial charge is 0.298 e. The monoisotopic (exact) mass is 479 g/mol. The van der Waals surface area contributed by atoms with Crippen molar-refractivity contribution < 1.29 is 31.6 Å². The Kier molecular flexibility index (Phi) is 8.03. The van der Waals surface area contributed by atoms with Crippen molar-refractivity contribution in [2.24, 2.45) is 5.73 Å². The number of aromatic nitrogens is 1. The SMILES string of the molecule is Cc1ccc(S(=O)(=O)O)cc1.NCC(=CF)COc1ccc2nc(N3CCC(O)C3)oc2c1. The van der Waals surface area contributed by atoms with Crippen LogP contribution >= 0.6 is 0 Å². The molecule has 1 aliphatic heterocycles. The third kappa shape index (κ3) is 6.75. The first kappa shape index (κ1) is 24.6. The minimum absolute atomic E-state index is 0.0666. The van der Waals surface area contributed by atoms with Crippen molar-refractivity contribution in [3.63, 3.8) is 0 Å². The number of benzene rings is 2. The first-order valence-electron chi connectivity index (χ1n) is 10.2. The van der Waals surface area contributed by atoms with Crippen LogP contribution in [0.15, 0.2) is 63.7 Å². The van der Waals surface area contributed by atoms with E-state index in [1.807, 2.05) is 11.8 Å². The fourth-order valence-electron chi connectivity index (χ4n) is 3.05. The number of nitrogens with zero attached hydrogens (tertiary/aromatic N) is 2. The van der Waals surface area contributed by atoms with E-state index in [0.29, 0.717) is 47.7 Å². The second kappa shape index (κ2) is 10.8. The molecule has 1 saturated heterocycles. The van der Waals surface area contributed by atoms with E-state index >= 15 is 0 Å². The van der Waals surface area contributed by atoms with Gasteiger partial charge in [-0.3, -0.25) is 4.55 Å². The van der Waals surface area contributed by atoms with E-state index in [0.717, 1.165) is 12.1 Å². The van der Waals surface area contributed by atoms with Gasteiger partial charge in [0, 0.05) is 31.3 Å². The van der Waals surface area contributed by atoms with Crippen LogP contribution in [-0.2, 0) is 10.1 Å². The molecule has 0 amide bonds. The molecule has 2 aromatic carbocycles. The molecule has 4 rings (SSSR count). The van der Waals surface area contributed by atoms with Crippen molar-refractivity contribution in [3.05, 3.63) is 59.9 Å². The molecule has 9 nitrogen and oxygen atoms in total. The zero-order valence-corrected chi connectivity index (χ0v) is 18.8. The van der Waals surface area contributed by atoms with Gasteiger partial charge in [0.25, 0.3) is 16.1 Å². The summed E-state index contributed by atoms with van der Waals surface area (Å²) in [6.07, 6.45) is 0.838. The Balaban J connectivity index is 0.000000235. The average Bonchev–Trinajstić information content (AvgIpc) is 3.40. The molecule has 4 N–H and O–H groups in total. The van der Waals surface area contributed by atoms with E-state index in [9.17, 15) is 17.9 Å². The average molecular weight is 480 g/mol. The summed E-state index contributed by atoms with van der Waals surface area (Å²) in [5, 5.41) is 9.57. The van der Waals surface area contributed by atoms with Crippen molar-refractivity contribution in [1.82, 2.24) is 4.98 Å². The molecule has 2 heterocycles. The summed E-state index contributed by atoms with van der Waals surface area (Å²) in [5.74, 6) is 0.560. The van der Waals surface area contributed by atoms with Gasteiger partial charge >= 0.3 is 0 Å². The summed E-state index contributed by atoms with van der Waals surface area (Å²) < 4.78 is 53.2. The van der Waals surface area contributed by atoms with E-state index in [4.69, 9.17) is 19.4 Å². The molecule has 1 aliphatic rings. The van der Waals surface area contributed by atoms with Crippen LogP contribution in [0.3, 0.4) is 0 Å². The van der Waals surface area contributed by atoms with Gasteiger partial charge in [0.2, 0.25) is 0 Å². The maximum absolute atomic E-state index is 12.4. The summed E-state index contributed by atoms with van der Waals surface area (Å²) >= 11 is 0. The quantitative estimate of drug-likeness (QED) is 0.455. The van der Waals surface area contributed by atoms with E-state index < -0.39 is 10.1 Å². The Bertz CT molecular complexity index is 1210. The Labute approximate surface area is 191 Å². The molecule has 0 bridgehead atoms. The highest BCUT2D eigenvalue weighted by Gasteiger charge is 2.24. The molecule has 0 spiro atoms. The summed E-state index contributed by atoms with van der Waals surface area (Å²) in [4.78, 5) is 6.24. The van der Waals surface area contributed by atoms with Gasteiger partial charge in [0.1, 0.15) is 17.9 Å². The van der Waals surface area contributed by atoms with E-state index in [1.165, 1.54) is 12.1 Å². The Morgan fingerprint density at radius 3 is 2.64 bits per heavy atom. The highest BCUT2D eigenvalue weighted by molar-refractivity contribution is 7.85. The largest absolute Gasteiger partial charge is 0.489 e. The van der Waals surface area contributed by atoms with Crippen molar-refractivity contribution in [3.8, 4) is 5.75 Å². The van der Waals surface area contributed by atoms with Crippen molar-refractivity contribution >= 4 is 27.2 Å². The maximum atomic E-state index is 12.4. The van der Waals surface area contributed by atoms with Crippen molar-refractivity contribution in [2.45, 2.75) is 24.3 Å². The van der Waals surface area contributed by atoms with Crippen LogP contribution in [0.4, 0.5) is 10.4 Å². The van der Waals surface area contributed by atoms with Gasteiger partial charge < -0.3 is 24.9 Å². The van der Waals surface area contributed by atoms with Crippen LogP contribution in [0.25, 0.3) is 11.1 Å². The number of β-amino-alcohol motifs (C(OH)–C–C–N with tert-alkyl or cyclic N) is 1. The third-order valence-electron chi connectivity index (χ3n) is 4.94. The van der Waals surface area contributed by atoms with Crippen LogP contribution in [0, 0.1) is 6.92 Å². The molecule has 11 heteroatoms. The number of halogens is 1. The molecule has 1 atom stereocenters. The highest BCUT2D eigenvalue weighted by atomic mass is 32.2. The molecule has 0 radical (unpaired) electrons. The lowest BCUT2D eigenvalue weighted by Gasteiger charge is -2.10. The molecule has 0 aliphatic carbocycles. The summed E-state index contributed by atoms with van der Waals surface area (Å²) in [6.45, 7) is 3.30.